The van der Waals surface area contributed by atoms with Crippen molar-refractivity contribution in [3.05, 3.63) is 32.7 Å². The van der Waals surface area contributed by atoms with E-state index < -0.39 is 15.1 Å². The Morgan fingerprint density at radius 1 is 1.33 bits per heavy atom. The number of rotatable bonds is 5. The number of benzene rings is 1. The smallest absolute Gasteiger partial charge is 0.151 e. The lowest BCUT2D eigenvalue weighted by molar-refractivity contribution is 0.511. The molecule has 1 rings (SSSR count). The molecule has 0 fully saturated rings. The molecule has 2 atom stereocenters. The molecule has 0 aliphatic carbocycles. The first kappa shape index (κ1) is 16.1. The quantitative estimate of drug-likeness (QED) is 0.827. The SMILES string of the molecule is CCNC(c1cc(Br)ccc1Br)C(C)S(C)(=O)=O. The van der Waals surface area contributed by atoms with E-state index in [0.717, 1.165) is 14.5 Å². The highest BCUT2D eigenvalue weighted by Crippen LogP contribution is 2.30. The molecule has 1 N–H and O–H groups in total. The summed E-state index contributed by atoms with van der Waals surface area (Å²) in [5.41, 5.74) is 0.948. The number of halogens is 2. The molecule has 1 aromatic carbocycles. The monoisotopic (exact) mass is 397 g/mol. The maximum atomic E-state index is 11.8. The van der Waals surface area contributed by atoms with Crippen molar-refractivity contribution >= 4 is 41.7 Å². The molecule has 102 valence electrons. The molecule has 2 unspecified atom stereocenters. The van der Waals surface area contributed by atoms with Crippen LogP contribution in [0.1, 0.15) is 25.5 Å². The van der Waals surface area contributed by atoms with Crippen molar-refractivity contribution in [3.8, 4) is 0 Å². The van der Waals surface area contributed by atoms with Gasteiger partial charge in [0, 0.05) is 21.2 Å². The Labute approximate surface area is 126 Å². The highest BCUT2D eigenvalue weighted by molar-refractivity contribution is 9.11. The van der Waals surface area contributed by atoms with E-state index in [0.29, 0.717) is 6.54 Å². The summed E-state index contributed by atoms with van der Waals surface area (Å²) in [7, 11) is -3.10. The summed E-state index contributed by atoms with van der Waals surface area (Å²) in [5, 5.41) is 2.76. The Hall–Kier alpha value is 0.0900. The standard InChI is InChI=1S/C12H17Br2NO2S/c1-4-15-12(8(2)18(3,16)17)10-7-9(13)5-6-11(10)14/h5-8,12,15H,4H2,1-3H3. The predicted molar refractivity (Wildman–Crippen MR) is 82.6 cm³/mol. The molecular weight excluding hydrogens is 382 g/mol. The summed E-state index contributed by atoms with van der Waals surface area (Å²) in [6.45, 7) is 4.41. The van der Waals surface area contributed by atoms with Crippen LogP contribution in [0.25, 0.3) is 0 Å². The summed E-state index contributed by atoms with van der Waals surface area (Å²) >= 11 is 6.90. The van der Waals surface area contributed by atoms with Crippen LogP contribution in [0.3, 0.4) is 0 Å². The van der Waals surface area contributed by atoms with E-state index in [-0.39, 0.29) is 6.04 Å². The average Bonchev–Trinajstić information content (AvgIpc) is 2.27. The Kier molecular flexibility index (Phi) is 5.83. The van der Waals surface area contributed by atoms with E-state index >= 15 is 0 Å². The van der Waals surface area contributed by atoms with Gasteiger partial charge in [0.2, 0.25) is 0 Å². The third-order valence-corrected chi connectivity index (χ3v) is 5.70. The zero-order valence-corrected chi connectivity index (χ0v) is 14.6. The van der Waals surface area contributed by atoms with Gasteiger partial charge in [0.25, 0.3) is 0 Å². The van der Waals surface area contributed by atoms with Crippen molar-refractivity contribution in [1.29, 1.82) is 0 Å². The lowest BCUT2D eigenvalue weighted by Crippen LogP contribution is -2.35. The second kappa shape index (κ2) is 6.50. The van der Waals surface area contributed by atoms with Crippen LogP contribution in [0, 0.1) is 0 Å². The van der Waals surface area contributed by atoms with Crippen LogP contribution < -0.4 is 5.32 Å². The summed E-state index contributed by atoms with van der Waals surface area (Å²) in [6, 6.07) is 5.55. The molecule has 0 heterocycles. The van der Waals surface area contributed by atoms with Crippen molar-refractivity contribution in [3.63, 3.8) is 0 Å². The molecular formula is C12H17Br2NO2S. The van der Waals surface area contributed by atoms with Crippen molar-refractivity contribution < 1.29 is 8.42 Å². The maximum Gasteiger partial charge on any atom is 0.151 e. The predicted octanol–water partition coefficient (Wildman–Crippen LogP) is 3.30. The largest absolute Gasteiger partial charge is 0.309 e. The summed E-state index contributed by atoms with van der Waals surface area (Å²) in [5.74, 6) is 0. The number of nitrogens with one attached hydrogen (secondary N) is 1. The minimum Gasteiger partial charge on any atom is -0.309 e. The van der Waals surface area contributed by atoms with Gasteiger partial charge < -0.3 is 5.32 Å². The van der Waals surface area contributed by atoms with Crippen molar-refractivity contribution in [2.24, 2.45) is 0 Å². The van der Waals surface area contributed by atoms with E-state index in [9.17, 15) is 8.42 Å². The summed E-state index contributed by atoms with van der Waals surface area (Å²) in [4.78, 5) is 0. The van der Waals surface area contributed by atoms with Crippen LogP contribution in [-0.2, 0) is 9.84 Å². The molecule has 6 heteroatoms. The molecule has 18 heavy (non-hydrogen) atoms. The topological polar surface area (TPSA) is 46.2 Å². The van der Waals surface area contributed by atoms with Gasteiger partial charge in [-0.15, -0.1) is 0 Å². The maximum absolute atomic E-state index is 11.8. The van der Waals surface area contributed by atoms with Gasteiger partial charge in [0.15, 0.2) is 9.84 Å². The van der Waals surface area contributed by atoms with E-state index in [1.54, 1.807) is 6.92 Å². The second-order valence-electron chi connectivity index (χ2n) is 4.24. The number of hydrogen-bond donors (Lipinski definition) is 1. The van der Waals surface area contributed by atoms with Gasteiger partial charge in [0.1, 0.15) is 0 Å². The highest BCUT2D eigenvalue weighted by atomic mass is 79.9. The molecule has 3 nitrogen and oxygen atoms in total. The fourth-order valence-electron chi connectivity index (χ4n) is 1.75. The van der Waals surface area contributed by atoms with E-state index in [1.165, 1.54) is 6.26 Å². The van der Waals surface area contributed by atoms with Gasteiger partial charge in [-0.1, -0.05) is 38.8 Å². The first-order valence-electron chi connectivity index (χ1n) is 5.64. The van der Waals surface area contributed by atoms with Crippen LogP contribution in [0.4, 0.5) is 0 Å². The molecule has 0 saturated heterocycles. The van der Waals surface area contributed by atoms with Gasteiger partial charge >= 0.3 is 0 Å². The van der Waals surface area contributed by atoms with E-state index in [2.05, 4.69) is 37.2 Å². The first-order chi connectivity index (χ1) is 8.27. The van der Waals surface area contributed by atoms with E-state index in [1.807, 2.05) is 25.1 Å². The van der Waals surface area contributed by atoms with Gasteiger partial charge in [-0.25, -0.2) is 8.42 Å². The summed E-state index contributed by atoms with van der Waals surface area (Å²) in [6.07, 6.45) is 1.27. The minimum atomic E-state index is -3.10. The third-order valence-electron chi connectivity index (χ3n) is 2.86. The Balaban J connectivity index is 3.23. The lowest BCUT2D eigenvalue weighted by atomic mass is 10.0. The van der Waals surface area contributed by atoms with Crippen LogP contribution in [0.2, 0.25) is 0 Å². The molecule has 1 aromatic rings. The molecule has 0 saturated carbocycles. The Morgan fingerprint density at radius 3 is 2.44 bits per heavy atom. The first-order valence-corrected chi connectivity index (χ1v) is 9.18. The Morgan fingerprint density at radius 2 is 1.94 bits per heavy atom. The number of sulfone groups is 1. The second-order valence-corrected chi connectivity index (χ2v) is 8.41. The van der Waals surface area contributed by atoms with Crippen molar-refractivity contribution in [1.82, 2.24) is 5.32 Å². The van der Waals surface area contributed by atoms with Gasteiger partial charge in [-0.3, -0.25) is 0 Å². The van der Waals surface area contributed by atoms with Gasteiger partial charge in [-0.05, 0) is 37.2 Å². The zero-order valence-electron chi connectivity index (χ0n) is 10.6. The molecule has 0 aromatic heterocycles. The van der Waals surface area contributed by atoms with Crippen LogP contribution in [0.5, 0.6) is 0 Å². The highest BCUT2D eigenvalue weighted by Gasteiger charge is 2.28. The minimum absolute atomic E-state index is 0.225. The van der Waals surface area contributed by atoms with Crippen LogP contribution >= 0.6 is 31.9 Å². The average molecular weight is 399 g/mol. The molecule has 0 amide bonds. The Bertz CT molecular complexity index is 517. The van der Waals surface area contributed by atoms with Crippen molar-refractivity contribution in [2.45, 2.75) is 25.1 Å². The molecule has 0 radical (unpaired) electrons. The fourth-order valence-corrected chi connectivity index (χ4v) is 3.36. The van der Waals surface area contributed by atoms with Gasteiger partial charge in [0.05, 0.1) is 5.25 Å². The molecule has 0 bridgehead atoms. The van der Waals surface area contributed by atoms with Crippen LogP contribution in [0.15, 0.2) is 27.1 Å². The van der Waals surface area contributed by atoms with Crippen molar-refractivity contribution in [2.75, 3.05) is 12.8 Å². The van der Waals surface area contributed by atoms with Crippen LogP contribution in [-0.4, -0.2) is 26.5 Å². The lowest BCUT2D eigenvalue weighted by Gasteiger charge is -2.25. The molecule has 0 spiro atoms. The van der Waals surface area contributed by atoms with E-state index in [4.69, 9.17) is 0 Å². The fraction of sp³-hybridized carbons (Fsp3) is 0.500. The third kappa shape index (κ3) is 4.05. The molecule has 0 aliphatic rings. The van der Waals surface area contributed by atoms with Gasteiger partial charge in [-0.2, -0.15) is 0 Å². The zero-order chi connectivity index (χ0) is 13.9. The summed E-state index contributed by atoms with van der Waals surface area (Å²) < 4.78 is 25.3. The normalized spacial score (nSPS) is 15.4. The number of hydrogen-bond acceptors (Lipinski definition) is 3. The molecule has 0 aliphatic heterocycles.